The minimum atomic E-state index is -0.840. The summed E-state index contributed by atoms with van der Waals surface area (Å²) in [6, 6.07) is 11.4. The second-order valence-corrected chi connectivity index (χ2v) is 11.0. The third-order valence-corrected chi connectivity index (χ3v) is 5.24. The second-order valence-electron chi connectivity index (χ2n) is 10.1. The monoisotopic (exact) mass is 515 g/mol. The highest BCUT2D eigenvalue weighted by Crippen LogP contribution is 2.37. The summed E-state index contributed by atoms with van der Waals surface area (Å²) >= 11 is 1.39. The van der Waals surface area contributed by atoms with E-state index in [2.05, 4.69) is 10.2 Å². The summed E-state index contributed by atoms with van der Waals surface area (Å²) in [7, 11) is 1.51. The lowest BCUT2D eigenvalue weighted by atomic mass is 10.1. The van der Waals surface area contributed by atoms with Gasteiger partial charge in [-0.1, -0.05) is 29.8 Å². The van der Waals surface area contributed by atoms with Crippen molar-refractivity contribution < 1.29 is 23.9 Å². The van der Waals surface area contributed by atoms with Crippen LogP contribution < -0.4 is 15.1 Å². The van der Waals surface area contributed by atoms with Crippen LogP contribution in [0.1, 0.15) is 59.6 Å². The molecule has 0 saturated carbocycles. The number of aryl methyl sites for hydroxylation is 1. The number of anilines is 3. The van der Waals surface area contributed by atoms with Gasteiger partial charge in [-0.25, -0.2) is 9.59 Å². The van der Waals surface area contributed by atoms with Crippen molar-refractivity contribution in [3.8, 4) is 0 Å². The Bertz CT molecular complexity index is 1060. The van der Waals surface area contributed by atoms with Gasteiger partial charge in [0.2, 0.25) is 0 Å². The van der Waals surface area contributed by atoms with Crippen LogP contribution in [0.15, 0.2) is 47.4 Å². The molecule has 196 valence electrons. The van der Waals surface area contributed by atoms with Gasteiger partial charge in [-0.2, -0.15) is 4.90 Å². The van der Waals surface area contributed by atoms with Crippen LogP contribution in [-0.2, 0) is 14.3 Å². The molecule has 2 aromatic rings. The first-order valence-electron chi connectivity index (χ1n) is 11.6. The molecule has 0 atom stereocenters. The highest BCUT2D eigenvalue weighted by Gasteiger charge is 2.33. The van der Waals surface area contributed by atoms with E-state index < -0.39 is 23.4 Å². The zero-order valence-corrected chi connectivity index (χ0v) is 23.3. The van der Waals surface area contributed by atoms with Crippen LogP contribution in [0, 0.1) is 6.92 Å². The zero-order valence-electron chi connectivity index (χ0n) is 22.5. The van der Waals surface area contributed by atoms with Crippen molar-refractivity contribution in [2.75, 3.05) is 22.2 Å². The first-order chi connectivity index (χ1) is 16.7. The normalized spacial score (nSPS) is 11.8. The molecule has 8 nitrogen and oxygen atoms in total. The topological polar surface area (TPSA) is 89.1 Å². The molecular weight excluding hydrogens is 478 g/mol. The number of benzene rings is 2. The van der Waals surface area contributed by atoms with E-state index in [9.17, 15) is 9.59 Å². The quantitative estimate of drug-likeness (QED) is 0.285. The average molecular weight is 516 g/mol. The molecule has 2 N–H and O–H groups in total. The minimum Gasteiger partial charge on any atom is -0.443 e. The molecule has 0 fully saturated rings. The minimum absolute atomic E-state index is 0.278. The lowest BCUT2D eigenvalue weighted by Gasteiger charge is -2.29. The molecule has 2 aromatic carbocycles. The zero-order chi connectivity index (χ0) is 27.1. The number of carbonyl (C=O) groups excluding carboxylic acids is 2. The molecule has 0 aliphatic rings. The van der Waals surface area contributed by atoms with Crippen LogP contribution in [-0.4, -0.2) is 30.5 Å². The number of hydrogen-bond donors (Lipinski definition) is 2. The number of allylic oxidation sites excluding steroid dienone is 1. The van der Waals surface area contributed by atoms with Gasteiger partial charge in [-0.05, 0) is 91.6 Å². The van der Waals surface area contributed by atoms with Gasteiger partial charge in [-0.15, -0.1) is 0 Å². The number of imide groups is 1. The first-order valence-corrected chi connectivity index (χ1v) is 12.4. The molecule has 2 rings (SSSR count). The Kier molecular flexibility index (Phi) is 9.84. The molecule has 2 amide bonds. The van der Waals surface area contributed by atoms with Gasteiger partial charge in [0.05, 0.1) is 24.2 Å². The van der Waals surface area contributed by atoms with Gasteiger partial charge < -0.3 is 14.2 Å². The summed E-state index contributed by atoms with van der Waals surface area (Å²) in [4.78, 5) is 33.5. The molecule has 0 aromatic heterocycles. The number of amides is 2. The Balaban J connectivity index is 2.62. The molecule has 0 bridgehead atoms. The predicted octanol–water partition coefficient (Wildman–Crippen LogP) is 7.80. The van der Waals surface area contributed by atoms with Crippen molar-refractivity contribution in [2.45, 2.75) is 71.5 Å². The summed E-state index contributed by atoms with van der Waals surface area (Å²) < 4.78 is 14.4. The smallest absolute Gasteiger partial charge is 0.424 e. The van der Waals surface area contributed by atoms with E-state index in [-0.39, 0.29) is 5.69 Å². The Labute approximate surface area is 218 Å². The number of nitrogens with one attached hydrogen (secondary N) is 2. The van der Waals surface area contributed by atoms with Gasteiger partial charge in [0, 0.05) is 10.5 Å². The fraction of sp³-hybridized carbons (Fsp3) is 0.407. The van der Waals surface area contributed by atoms with Crippen molar-refractivity contribution in [3.63, 3.8) is 0 Å². The number of carbonyl (C=O) groups is 2. The van der Waals surface area contributed by atoms with Crippen molar-refractivity contribution in [2.24, 2.45) is 0 Å². The van der Waals surface area contributed by atoms with Crippen LogP contribution in [0.25, 0.3) is 6.08 Å². The van der Waals surface area contributed by atoms with Crippen LogP contribution in [0.5, 0.6) is 0 Å². The van der Waals surface area contributed by atoms with E-state index in [1.165, 1.54) is 19.1 Å². The highest BCUT2D eigenvalue weighted by atomic mass is 32.2. The number of nitrogens with zero attached hydrogens (tertiary/aromatic N) is 1. The maximum absolute atomic E-state index is 13.2. The molecule has 0 unspecified atom stereocenters. The first kappa shape index (κ1) is 29.1. The van der Waals surface area contributed by atoms with Crippen molar-refractivity contribution >= 4 is 47.3 Å². The molecule has 0 aliphatic carbocycles. The molecule has 0 spiro atoms. The van der Waals surface area contributed by atoms with Gasteiger partial charge in [-0.3, -0.25) is 10.3 Å². The number of rotatable bonds is 7. The lowest BCUT2D eigenvalue weighted by Crippen LogP contribution is -2.43. The summed E-state index contributed by atoms with van der Waals surface area (Å²) in [6.07, 6.45) is 2.01. The van der Waals surface area contributed by atoms with Crippen LogP contribution >= 0.6 is 11.9 Å². The van der Waals surface area contributed by atoms with E-state index in [1.54, 1.807) is 53.7 Å². The summed E-state index contributed by atoms with van der Waals surface area (Å²) in [6.45, 7) is 14.3. The van der Waals surface area contributed by atoms with Crippen molar-refractivity contribution in [1.82, 2.24) is 0 Å². The van der Waals surface area contributed by atoms with E-state index in [1.807, 2.05) is 50.3 Å². The van der Waals surface area contributed by atoms with E-state index in [0.717, 1.165) is 15.4 Å². The van der Waals surface area contributed by atoms with Gasteiger partial charge in [0.1, 0.15) is 11.2 Å². The fourth-order valence-electron chi connectivity index (χ4n) is 3.01. The third kappa shape index (κ3) is 8.80. The second kappa shape index (κ2) is 12.2. The average Bonchev–Trinajstić information content (AvgIpc) is 2.73. The Morgan fingerprint density at radius 3 is 1.97 bits per heavy atom. The van der Waals surface area contributed by atoms with Crippen LogP contribution in [0.3, 0.4) is 0 Å². The molecule has 9 heteroatoms. The van der Waals surface area contributed by atoms with Gasteiger partial charge in [0.15, 0.2) is 0 Å². The fourth-order valence-corrected chi connectivity index (χ4v) is 3.67. The largest absolute Gasteiger partial charge is 0.443 e. The number of hydrogen-bond acceptors (Lipinski definition) is 8. The molecular formula is C27H37N3O5S. The molecule has 36 heavy (non-hydrogen) atoms. The van der Waals surface area contributed by atoms with Crippen molar-refractivity contribution in [3.05, 3.63) is 53.6 Å². The maximum atomic E-state index is 13.2. The summed E-state index contributed by atoms with van der Waals surface area (Å²) in [5.41, 5.74) is 4.60. The lowest BCUT2D eigenvalue weighted by molar-refractivity contribution is 0.0431. The van der Waals surface area contributed by atoms with E-state index in [0.29, 0.717) is 16.9 Å². The maximum Gasteiger partial charge on any atom is 0.424 e. The predicted molar refractivity (Wildman–Crippen MR) is 147 cm³/mol. The van der Waals surface area contributed by atoms with Crippen molar-refractivity contribution in [1.29, 1.82) is 0 Å². The summed E-state index contributed by atoms with van der Waals surface area (Å²) in [5, 5.41) is 0. The molecule has 0 radical (unpaired) electrons. The molecule has 0 aliphatic heterocycles. The third-order valence-electron chi connectivity index (χ3n) is 4.41. The SMILES string of the molecule is C/C=C\c1cc(N(C(=O)OC(C)(C)C)C(=O)OC(C)(C)C)cc(NSc2ccc(C)cc2)c1NOC. The van der Waals surface area contributed by atoms with Gasteiger partial charge in [0.25, 0.3) is 0 Å². The molecule has 0 saturated heterocycles. The molecule has 0 heterocycles. The Morgan fingerprint density at radius 2 is 1.50 bits per heavy atom. The Hall–Kier alpha value is -3.17. The highest BCUT2D eigenvalue weighted by molar-refractivity contribution is 8.00. The van der Waals surface area contributed by atoms with E-state index in [4.69, 9.17) is 14.3 Å². The van der Waals surface area contributed by atoms with E-state index >= 15 is 0 Å². The van der Waals surface area contributed by atoms with Crippen LogP contribution in [0.2, 0.25) is 0 Å². The Morgan fingerprint density at radius 1 is 0.944 bits per heavy atom. The summed E-state index contributed by atoms with van der Waals surface area (Å²) in [5.74, 6) is 0. The van der Waals surface area contributed by atoms with Gasteiger partial charge >= 0.3 is 12.2 Å². The number of ether oxygens (including phenoxy) is 2. The van der Waals surface area contributed by atoms with Crippen LogP contribution in [0.4, 0.5) is 26.7 Å². The standard InChI is InChI=1S/C27H37N3O5S/c1-10-11-19-16-20(30(24(31)34-26(3,4)5)25(32)35-27(6,7)8)17-22(23(19)28-33-9)29-36-21-14-12-18(2)13-15-21/h10-17,28-29H,1-9H3/b11-10-.